The lowest BCUT2D eigenvalue weighted by Gasteiger charge is -2.23. The molecule has 0 radical (unpaired) electrons. The van der Waals surface area contributed by atoms with Crippen LogP contribution in [0.4, 0.5) is 11.8 Å². The molecule has 1 saturated carbocycles. The van der Waals surface area contributed by atoms with Crippen molar-refractivity contribution in [2.24, 2.45) is 0 Å². The fraction of sp³-hybridized carbons (Fsp3) is 0.529. The molecular formula is C17H24N4O. The quantitative estimate of drug-likeness (QED) is 0.715. The first-order valence-electron chi connectivity index (χ1n) is 8.25. The Morgan fingerprint density at radius 3 is 2.73 bits per heavy atom. The van der Waals surface area contributed by atoms with E-state index < -0.39 is 0 Å². The van der Waals surface area contributed by atoms with Gasteiger partial charge in [-0.2, -0.15) is 4.98 Å². The summed E-state index contributed by atoms with van der Waals surface area (Å²) in [4.78, 5) is 9.30. The largest absolute Gasteiger partial charge is 0.396 e. The number of fused-ring (bicyclic) bond motifs is 1. The molecule has 5 heteroatoms. The molecule has 0 amide bonds. The van der Waals surface area contributed by atoms with Crippen LogP contribution < -0.4 is 10.6 Å². The molecule has 3 N–H and O–H groups in total. The maximum Gasteiger partial charge on any atom is 0.225 e. The third-order valence-corrected chi connectivity index (χ3v) is 4.17. The van der Waals surface area contributed by atoms with Crippen molar-refractivity contribution in [2.75, 3.05) is 23.8 Å². The van der Waals surface area contributed by atoms with Gasteiger partial charge in [0.25, 0.3) is 0 Å². The van der Waals surface area contributed by atoms with E-state index in [4.69, 9.17) is 5.11 Å². The number of aliphatic hydroxyl groups is 1. The molecular weight excluding hydrogens is 276 g/mol. The summed E-state index contributed by atoms with van der Waals surface area (Å²) in [5.41, 5.74) is 0.947. The lowest BCUT2D eigenvalue weighted by molar-refractivity contribution is 0.292. The highest BCUT2D eigenvalue weighted by atomic mass is 16.3. The van der Waals surface area contributed by atoms with Crippen LogP contribution in [-0.4, -0.2) is 34.3 Å². The van der Waals surface area contributed by atoms with Gasteiger partial charge in [0, 0.05) is 24.6 Å². The zero-order valence-corrected chi connectivity index (χ0v) is 12.9. The van der Waals surface area contributed by atoms with Gasteiger partial charge in [0.05, 0.1) is 5.52 Å². The predicted molar refractivity (Wildman–Crippen MR) is 90.2 cm³/mol. The van der Waals surface area contributed by atoms with Gasteiger partial charge < -0.3 is 15.7 Å². The Hall–Kier alpha value is -1.88. The molecule has 0 atom stereocenters. The normalized spacial score (nSPS) is 15.9. The summed E-state index contributed by atoms with van der Waals surface area (Å²) in [5.74, 6) is 1.55. The average Bonchev–Trinajstić information content (AvgIpc) is 2.56. The minimum absolute atomic E-state index is 0.184. The van der Waals surface area contributed by atoms with Crippen molar-refractivity contribution in [1.29, 1.82) is 0 Å². The molecule has 0 bridgehead atoms. The van der Waals surface area contributed by atoms with Gasteiger partial charge in [0.15, 0.2) is 0 Å². The molecule has 1 fully saturated rings. The van der Waals surface area contributed by atoms with E-state index in [0.717, 1.165) is 16.7 Å². The lowest BCUT2D eigenvalue weighted by atomic mass is 9.96. The van der Waals surface area contributed by atoms with Gasteiger partial charge in [-0.15, -0.1) is 0 Å². The third kappa shape index (κ3) is 3.65. The van der Waals surface area contributed by atoms with Crippen LogP contribution in [0.3, 0.4) is 0 Å². The number of benzene rings is 1. The second-order valence-electron chi connectivity index (χ2n) is 5.90. The highest BCUT2D eigenvalue weighted by Gasteiger charge is 2.15. The maximum atomic E-state index is 8.94. The van der Waals surface area contributed by atoms with Crippen LogP contribution in [0.15, 0.2) is 24.3 Å². The van der Waals surface area contributed by atoms with Crippen molar-refractivity contribution in [3.05, 3.63) is 24.3 Å². The summed E-state index contributed by atoms with van der Waals surface area (Å²) in [6.45, 7) is 0.892. The molecule has 2 aromatic rings. The van der Waals surface area contributed by atoms with E-state index in [0.29, 0.717) is 25.0 Å². The van der Waals surface area contributed by atoms with Crippen molar-refractivity contribution in [3.63, 3.8) is 0 Å². The number of nitrogens with one attached hydrogen (secondary N) is 2. The zero-order valence-electron chi connectivity index (χ0n) is 12.9. The number of anilines is 2. The van der Waals surface area contributed by atoms with Crippen molar-refractivity contribution in [1.82, 2.24) is 9.97 Å². The van der Waals surface area contributed by atoms with E-state index in [1.807, 2.05) is 24.3 Å². The van der Waals surface area contributed by atoms with Gasteiger partial charge in [-0.3, -0.25) is 0 Å². The first-order chi connectivity index (χ1) is 10.9. The van der Waals surface area contributed by atoms with Gasteiger partial charge >= 0.3 is 0 Å². The summed E-state index contributed by atoms with van der Waals surface area (Å²) in [5, 5.41) is 16.8. The summed E-state index contributed by atoms with van der Waals surface area (Å²) < 4.78 is 0. The van der Waals surface area contributed by atoms with E-state index in [2.05, 4.69) is 20.6 Å². The first kappa shape index (κ1) is 15.0. The van der Waals surface area contributed by atoms with Gasteiger partial charge in [0.2, 0.25) is 5.95 Å². The fourth-order valence-corrected chi connectivity index (χ4v) is 2.99. The topological polar surface area (TPSA) is 70.1 Å². The number of aliphatic hydroxyl groups excluding tert-OH is 1. The first-order valence-corrected chi connectivity index (χ1v) is 8.25. The molecule has 1 aromatic heterocycles. The number of aromatic nitrogens is 2. The minimum atomic E-state index is 0.184. The van der Waals surface area contributed by atoms with E-state index >= 15 is 0 Å². The molecule has 1 aromatic carbocycles. The molecule has 1 aliphatic rings. The number of nitrogens with zero attached hydrogens (tertiary/aromatic N) is 2. The number of rotatable bonds is 6. The van der Waals surface area contributed by atoms with Crippen LogP contribution in [-0.2, 0) is 0 Å². The fourth-order valence-electron chi connectivity index (χ4n) is 2.99. The summed E-state index contributed by atoms with van der Waals surface area (Å²) >= 11 is 0. The van der Waals surface area contributed by atoms with Crippen molar-refractivity contribution in [3.8, 4) is 0 Å². The number of para-hydroxylation sites is 1. The summed E-state index contributed by atoms with van der Waals surface area (Å²) in [7, 11) is 0. The molecule has 0 saturated heterocycles. The van der Waals surface area contributed by atoms with Crippen LogP contribution >= 0.6 is 0 Å². The van der Waals surface area contributed by atoms with Gasteiger partial charge in [-0.1, -0.05) is 31.4 Å². The Bertz CT molecular complexity index is 611. The summed E-state index contributed by atoms with van der Waals surface area (Å²) in [6, 6.07) is 8.52. The number of hydrogen-bond donors (Lipinski definition) is 3. The maximum absolute atomic E-state index is 8.94. The predicted octanol–water partition coefficient (Wildman–Crippen LogP) is 3.17. The molecule has 0 aliphatic heterocycles. The second kappa shape index (κ2) is 7.40. The number of hydrogen-bond acceptors (Lipinski definition) is 5. The van der Waals surface area contributed by atoms with Crippen LogP contribution in [0.2, 0.25) is 0 Å². The van der Waals surface area contributed by atoms with E-state index in [-0.39, 0.29) is 6.61 Å². The van der Waals surface area contributed by atoms with E-state index in [9.17, 15) is 0 Å². The van der Waals surface area contributed by atoms with Gasteiger partial charge in [0.1, 0.15) is 5.82 Å². The molecule has 1 heterocycles. The molecule has 0 spiro atoms. The molecule has 0 unspecified atom stereocenters. The minimum Gasteiger partial charge on any atom is -0.396 e. The van der Waals surface area contributed by atoms with Crippen molar-refractivity contribution >= 4 is 22.7 Å². The Morgan fingerprint density at radius 1 is 1.09 bits per heavy atom. The van der Waals surface area contributed by atoms with Crippen LogP contribution in [0.25, 0.3) is 10.9 Å². The monoisotopic (exact) mass is 300 g/mol. The lowest BCUT2D eigenvalue weighted by Crippen LogP contribution is -2.23. The second-order valence-corrected chi connectivity index (χ2v) is 5.90. The van der Waals surface area contributed by atoms with Gasteiger partial charge in [-0.25, -0.2) is 4.98 Å². The Balaban J connectivity index is 1.83. The zero-order chi connectivity index (χ0) is 15.2. The standard InChI is InChI=1S/C17H24N4O/c22-12-6-11-18-16-14-9-4-5-10-15(14)20-17(21-16)19-13-7-2-1-3-8-13/h4-5,9-10,13,22H,1-3,6-8,11-12H2,(H2,18,19,20,21). The van der Waals surface area contributed by atoms with Crippen LogP contribution in [0.5, 0.6) is 0 Å². The highest BCUT2D eigenvalue weighted by Crippen LogP contribution is 2.24. The molecule has 1 aliphatic carbocycles. The Kier molecular flexibility index (Phi) is 5.06. The third-order valence-electron chi connectivity index (χ3n) is 4.17. The Morgan fingerprint density at radius 2 is 1.91 bits per heavy atom. The molecule has 5 nitrogen and oxygen atoms in total. The smallest absolute Gasteiger partial charge is 0.225 e. The molecule has 118 valence electrons. The molecule has 22 heavy (non-hydrogen) atoms. The van der Waals surface area contributed by atoms with Gasteiger partial charge in [-0.05, 0) is 31.4 Å². The SMILES string of the molecule is OCCCNc1nc(NC2CCCCC2)nc2ccccc12. The van der Waals surface area contributed by atoms with Crippen LogP contribution in [0.1, 0.15) is 38.5 Å². The summed E-state index contributed by atoms with van der Waals surface area (Å²) in [6.07, 6.45) is 7.01. The van der Waals surface area contributed by atoms with E-state index in [1.165, 1.54) is 32.1 Å². The Labute approximate surface area is 131 Å². The van der Waals surface area contributed by atoms with Crippen molar-refractivity contribution in [2.45, 2.75) is 44.6 Å². The molecule has 3 rings (SSSR count). The van der Waals surface area contributed by atoms with Crippen molar-refractivity contribution < 1.29 is 5.11 Å². The van der Waals surface area contributed by atoms with E-state index in [1.54, 1.807) is 0 Å². The van der Waals surface area contributed by atoms with Crippen LogP contribution in [0, 0.1) is 0 Å². The highest BCUT2D eigenvalue weighted by molar-refractivity contribution is 5.90. The average molecular weight is 300 g/mol.